The molecule has 1 aliphatic rings. The topological polar surface area (TPSA) is 15.3 Å². The van der Waals surface area contributed by atoms with Crippen LogP contribution < -0.4 is 5.32 Å². The van der Waals surface area contributed by atoms with Gasteiger partial charge in [0.1, 0.15) is 0 Å². The van der Waals surface area contributed by atoms with Crippen LogP contribution in [0.2, 0.25) is 0 Å². The van der Waals surface area contributed by atoms with Crippen LogP contribution in [0.25, 0.3) is 0 Å². The number of likely N-dealkylation sites (N-methyl/N-ethyl adjacent to an activating group) is 2. The second-order valence-electron chi connectivity index (χ2n) is 6.44. The third-order valence-electron chi connectivity index (χ3n) is 4.91. The van der Waals surface area contributed by atoms with Crippen LogP contribution in [0.15, 0.2) is 24.3 Å². The van der Waals surface area contributed by atoms with Gasteiger partial charge in [-0.25, -0.2) is 0 Å². The van der Waals surface area contributed by atoms with Crippen molar-refractivity contribution in [3.8, 4) is 0 Å². The van der Waals surface area contributed by atoms with Crippen molar-refractivity contribution in [2.75, 3.05) is 20.1 Å². The summed E-state index contributed by atoms with van der Waals surface area (Å²) < 4.78 is 0. The second-order valence-corrected chi connectivity index (χ2v) is 6.44. The highest BCUT2D eigenvalue weighted by molar-refractivity contribution is 5.25. The Hall–Kier alpha value is -0.860. The predicted molar refractivity (Wildman–Crippen MR) is 91.7 cm³/mol. The molecule has 118 valence electrons. The van der Waals surface area contributed by atoms with E-state index in [4.69, 9.17) is 0 Å². The molecule has 0 spiro atoms. The fourth-order valence-corrected chi connectivity index (χ4v) is 3.48. The van der Waals surface area contributed by atoms with Gasteiger partial charge >= 0.3 is 0 Å². The zero-order valence-corrected chi connectivity index (χ0v) is 14.1. The maximum atomic E-state index is 3.66. The average molecular weight is 288 g/mol. The number of nitrogens with zero attached hydrogens (tertiary/aromatic N) is 1. The largest absolute Gasteiger partial charge is 0.309 e. The lowest BCUT2D eigenvalue weighted by atomic mass is 9.93. The van der Waals surface area contributed by atoms with Crippen LogP contribution in [-0.4, -0.2) is 31.1 Å². The Morgan fingerprint density at radius 2 is 1.76 bits per heavy atom. The van der Waals surface area contributed by atoms with Crippen LogP contribution >= 0.6 is 0 Å². The minimum Gasteiger partial charge on any atom is -0.309 e. The molecule has 1 aromatic carbocycles. The highest BCUT2D eigenvalue weighted by atomic mass is 15.2. The smallest absolute Gasteiger partial charge is 0.0449 e. The Kier molecular flexibility index (Phi) is 6.72. The summed E-state index contributed by atoms with van der Waals surface area (Å²) in [4.78, 5) is 2.58. The molecule has 2 heteroatoms. The van der Waals surface area contributed by atoms with Gasteiger partial charge in [-0.15, -0.1) is 0 Å². The van der Waals surface area contributed by atoms with E-state index in [9.17, 15) is 0 Å². The molecule has 0 saturated heterocycles. The van der Waals surface area contributed by atoms with E-state index in [-0.39, 0.29) is 0 Å². The molecule has 1 aliphatic carbocycles. The van der Waals surface area contributed by atoms with E-state index in [1.807, 2.05) is 0 Å². The molecule has 1 fully saturated rings. The SMILES string of the molecule is CCNC(CN(C)C1CCCCC1)c1ccc(CC)cc1. The van der Waals surface area contributed by atoms with Crippen LogP contribution in [0.5, 0.6) is 0 Å². The summed E-state index contributed by atoms with van der Waals surface area (Å²) in [5.41, 5.74) is 2.85. The molecular formula is C19H32N2. The maximum Gasteiger partial charge on any atom is 0.0449 e. The summed E-state index contributed by atoms with van der Waals surface area (Å²) in [7, 11) is 2.31. The molecule has 1 aromatic rings. The molecule has 0 heterocycles. The standard InChI is InChI=1S/C19H32N2/c1-4-16-11-13-17(14-12-16)19(20-5-2)15-21(3)18-9-7-6-8-10-18/h11-14,18-20H,4-10,15H2,1-3H3. The third kappa shape index (κ3) is 4.82. The normalized spacial score (nSPS) is 18.1. The Labute approximate surface area is 130 Å². The molecule has 2 rings (SSSR count). The van der Waals surface area contributed by atoms with Gasteiger partial charge in [-0.2, -0.15) is 0 Å². The van der Waals surface area contributed by atoms with E-state index < -0.39 is 0 Å². The summed E-state index contributed by atoms with van der Waals surface area (Å²) in [6.07, 6.45) is 8.12. The lowest BCUT2D eigenvalue weighted by molar-refractivity contribution is 0.175. The number of hydrogen-bond donors (Lipinski definition) is 1. The first-order valence-corrected chi connectivity index (χ1v) is 8.77. The maximum absolute atomic E-state index is 3.66. The average Bonchev–Trinajstić information content (AvgIpc) is 2.55. The van der Waals surface area contributed by atoms with Crippen molar-refractivity contribution in [1.82, 2.24) is 10.2 Å². The number of benzene rings is 1. The zero-order chi connectivity index (χ0) is 15.1. The Bertz CT molecular complexity index is 393. The molecule has 0 aliphatic heterocycles. The van der Waals surface area contributed by atoms with Gasteiger partial charge in [0.25, 0.3) is 0 Å². The minimum absolute atomic E-state index is 0.452. The molecule has 0 amide bonds. The fraction of sp³-hybridized carbons (Fsp3) is 0.684. The zero-order valence-electron chi connectivity index (χ0n) is 14.1. The summed E-state index contributed by atoms with van der Waals surface area (Å²) in [6, 6.07) is 10.4. The van der Waals surface area contributed by atoms with E-state index in [1.54, 1.807) is 0 Å². The number of hydrogen-bond acceptors (Lipinski definition) is 2. The van der Waals surface area contributed by atoms with Gasteiger partial charge in [0.15, 0.2) is 0 Å². The van der Waals surface area contributed by atoms with Gasteiger partial charge in [-0.05, 0) is 44.0 Å². The van der Waals surface area contributed by atoms with Crippen LogP contribution in [0.1, 0.15) is 63.1 Å². The highest BCUT2D eigenvalue weighted by Gasteiger charge is 2.21. The summed E-state index contributed by atoms with van der Waals surface area (Å²) >= 11 is 0. The molecule has 2 nitrogen and oxygen atoms in total. The van der Waals surface area contributed by atoms with E-state index in [1.165, 1.54) is 43.2 Å². The lowest BCUT2D eigenvalue weighted by Gasteiger charge is -2.34. The highest BCUT2D eigenvalue weighted by Crippen LogP contribution is 2.24. The Morgan fingerprint density at radius 1 is 1.10 bits per heavy atom. The monoisotopic (exact) mass is 288 g/mol. The summed E-state index contributed by atoms with van der Waals surface area (Å²) in [5.74, 6) is 0. The first-order chi connectivity index (χ1) is 10.2. The van der Waals surface area contributed by atoms with Crippen LogP contribution in [0, 0.1) is 0 Å². The lowest BCUT2D eigenvalue weighted by Crippen LogP contribution is -2.40. The first-order valence-electron chi connectivity index (χ1n) is 8.77. The summed E-state index contributed by atoms with van der Waals surface area (Å²) in [6.45, 7) is 6.56. The fourth-order valence-electron chi connectivity index (χ4n) is 3.48. The molecule has 0 bridgehead atoms. The number of rotatable bonds is 7. The van der Waals surface area contributed by atoms with E-state index in [0.29, 0.717) is 6.04 Å². The minimum atomic E-state index is 0.452. The number of aryl methyl sites for hydroxylation is 1. The van der Waals surface area contributed by atoms with Crippen molar-refractivity contribution in [2.45, 2.75) is 64.5 Å². The van der Waals surface area contributed by atoms with Gasteiger partial charge < -0.3 is 10.2 Å². The van der Waals surface area contributed by atoms with Crippen molar-refractivity contribution in [3.63, 3.8) is 0 Å². The van der Waals surface area contributed by atoms with E-state index in [0.717, 1.165) is 25.6 Å². The molecule has 1 N–H and O–H groups in total. The van der Waals surface area contributed by atoms with Gasteiger partial charge in [0.05, 0.1) is 0 Å². The molecule has 21 heavy (non-hydrogen) atoms. The van der Waals surface area contributed by atoms with E-state index >= 15 is 0 Å². The first kappa shape index (κ1) is 16.5. The van der Waals surface area contributed by atoms with Crippen LogP contribution in [-0.2, 0) is 6.42 Å². The molecular weight excluding hydrogens is 256 g/mol. The van der Waals surface area contributed by atoms with Crippen molar-refractivity contribution in [2.24, 2.45) is 0 Å². The van der Waals surface area contributed by atoms with E-state index in [2.05, 4.69) is 55.4 Å². The van der Waals surface area contributed by atoms with Crippen molar-refractivity contribution < 1.29 is 0 Å². The number of nitrogens with one attached hydrogen (secondary N) is 1. The van der Waals surface area contributed by atoms with Crippen molar-refractivity contribution in [3.05, 3.63) is 35.4 Å². The van der Waals surface area contributed by atoms with Gasteiger partial charge in [0, 0.05) is 18.6 Å². The second kappa shape index (κ2) is 8.55. The molecule has 0 radical (unpaired) electrons. The van der Waals surface area contributed by atoms with Gasteiger partial charge in [-0.1, -0.05) is 57.4 Å². The Morgan fingerprint density at radius 3 is 2.33 bits per heavy atom. The van der Waals surface area contributed by atoms with Gasteiger partial charge in [-0.3, -0.25) is 0 Å². The van der Waals surface area contributed by atoms with Crippen LogP contribution in [0.3, 0.4) is 0 Å². The molecule has 1 unspecified atom stereocenters. The molecule has 1 atom stereocenters. The summed E-state index contributed by atoms with van der Waals surface area (Å²) in [5, 5.41) is 3.66. The molecule has 0 aromatic heterocycles. The molecule has 1 saturated carbocycles. The van der Waals surface area contributed by atoms with Crippen molar-refractivity contribution >= 4 is 0 Å². The van der Waals surface area contributed by atoms with Crippen LogP contribution in [0.4, 0.5) is 0 Å². The predicted octanol–water partition coefficient (Wildman–Crippen LogP) is 4.16. The third-order valence-corrected chi connectivity index (χ3v) is 4.91. The quantitative estimate of drug-likeness (QED) is 0.810. The van der Waals surface area contributed by atoms with Gasteiger partial charge in [0.2, 0.25) is 0 Å². The van der Waals surface area contributed by atoms with Crippen molar-refractivity contribution in [1.29, 1.82) is 0 Å². The Balaban J connectivity index is 1.99.